The summed E-state index contributed by atoms with van der Waals surface area (Å²) in [5, 5.41) is 0. The molecule has 7 rings (SSSR count). The van der Waals surface area contributed by atoms with Crippen molar-refractivity contribution in [2.45, 2.75) is 64.9 Å². The summed E-state index contributed by atoms with van der Waals surface area (Å²) < 4.78 is 6.34. The molecule has 0 saturated heterocycles. The zero-order valence-electron chi connectivity index (χ0n) is 22.2. The number of hydrogen-bond acceptors (Lipinski definition) is 4. The normalized spacial score (nSPS) is 34.8. The number of carbonyl (C=O) groups is 3. The first-order valence-corrected chi connectivity index (χ1v) is 14.2. The summed E-state index contributed by atoms with van der Waals surface area (Å²) in [6.07, 6.45) is 12.4. The highest BCUT2D eigenvalue weighted by Crippen LogP contribution is 2.65. The number of carbonyl (C=O) groups excluding carboxylic acids is 3. The predicted molar refractivity (Wildman–Crippen MR) is 145 cm³/mol. The maximum absolute atomic E-state index is 13.7. The first-order chi connectivity index (χ1) is 18.3. The van der Waals surface area contributed by atoms with Crippen LogP contribution in [0.3, 0.4) is 0 Å². The zero-order valence-corrected chi connectivity index (χ0v) is 22.2. The van der Waals surface area contributed by atoms with Gasteiger partial charge in [-0.3, -0.25) is 9.59 Å². The number of rotatable bonds is 2. The Bertz CT molecular complexity index is 1450. The Hall–Kier alpha value is -3.27. The molecule has 6 atom stereocenters. The number of ether oxygens (including phenoxy) is 1. The van der Waals surface area contributed by atoms with Gasteiger partial charge in [0.1, 0.15) is 6.10 Å². The van der Waals surface area contributed by atoms with Gasteiger partial charge in [0.05, 0.1) is 5.56 Å². The lowest BCUT2D eigenvalue weighted by atomic mass is 9.48. The van der Waals surface area contributed by atoms with Crippen molar-refractivity contribution in [1.29, 1.82) is 0 Å². The van der Waals surface area contributed by atoms with E-state index in [4.69, 9.17) is 4.74 Å². The van der Waals surface area contributed by atoms with Crippen molar-refractivity contribution in [3.8, 4) is 0 Å². The number of fused-ring (bicyclic) bond motifs is 7. The van der Waals surface area contributed by atoms with Gasteiger partial charge in [0, 0.05) is 22.0 Å². The number of benzene rings is 2. The molecule has 5 aliphatic carbocycles. The summed E-state index contributed by atoms with van der Waals surface area (Å²) in [6.45, 7) is 4.65. The molecule has 3 saturated carbocycles. The fourth-order valence-corrected chi connectivity index (χ4v) is 8.96. The Morgan fingerprint density at radius 1 is 0.921 bits per heavy atom. The first-order valence-electron chi connectivity index (χ1n) is 14.2. The van der Waals surface area contributed by atoms with E-state index in [1.165, 1.54) is 5.57 Å². The standard InChI is InChI=1S/C34H34O4/c1-33-16-14-23(35)19-22(33)10-11-25-27-12-13-29(34(27,2)17-15-28(25)33)38-32(37)26-9-5-7-21-18-20-6-3-4-8-24(20)31(36)30(21)26/h3-9,14,16,19,25,27-29H,10-13,15,17-18H2,1-2H3/t25-,27-,28-,29-,33-,34-/m0/s1. The van der Waals surface area contributed by atoms with E-state index in [9.17, 15) is 14.4 Å². The van der Waals surface area contributed by atoms with E-state index >= 15 is 0 Å². The maximum atomic E-state index is 13.7. The minimum Gasteiger partial charge on any atom is -0.458 e. The lowest BCUT2D eigenvalue weighted by Gasteiger charge is -2.56. The molecule has 0 amide bonds. The highest BCUT2D eigenvalue weighted by atomic mass is 16.5. The monoisotopic (exact) mass is 506 g/mol. The molecule has 0 heterocycles. The average Bonchev–Trinajstić information content (AvgIpc) is 3.24. The summed E-state index contributed by atoms with van der Waals surface area (Å²) in [4.78, 5) is 39.2. The predicted octanol–water partition coefficient (Wildman–Crippen LogP) is 6.66. The minimum absolute atomic E-state index is 0.0350. The van der Waals surface area contributed by atoms with Gasteiger partial charge in [-0.05, 0) is 92.0 Å². The van der Waals surface area contributed by atoms with E-state index in [-0.39, 0.29) is 34.5 Å². The Morgan fingerprint density at radius 2 is 1.74 bits per heavy atom. The molecule has 2 aromatic carbocycles. The molecule has 5 aliphatic rings. The van der Waals surface area contributed by atoms with Crippen LogP contribution in [0.2, 0.25) is 0 Å². The van der Waals surface area contributed by atoms with Crippen molar-refractivity contribution in [3.63, 3.8) is 0 Å². The van der Waals surface area contributed by atoms with Crippen LogP contribution in [0.5, 0.6) is 0 Å². The zero-order chi connectivity index (χ0) is 26.2. The third kappa shape index (κ3) is 3.31. The first kappa shape index (κ1) is 23.8. The summed E-state index contributed by atoms with van der Waals surface area (Å²) in [5.41, 5.74) is 4.71. The maximum Gasteiger partial charge on any atom is 0.339 e. The number of esters is 1. The highest BCUT2D eigenvalue weighted by molar-refractivity contribution is 6.17. The third-order valence-electron chi connectivity index (χ3n) is 11.0. The Morgan fingerprint density at radius 3 is 2.61 bits per heavy atom. The van der Waals surface area contributed by atoms with Crippen LogP contribution in [-0.2, 0) is 16.0 Å². The van der Waals surface area contributed by atoms with Crippen molar-refractivity contribution in [2.24, 2.45) is 28.6 Å². The summed E-state index contributed by atoms with van der Waals surface area (Å²) >= 11 is 0. The molecule has 4 nitrogen and oxygen atoms in total. The quantitative estimate of drug-likeness (QED) is 0.365. The molecule has 4 heteroatoms. The number of ketones is 2. The van der Waals surface area contributed by atoms with Crippen LogP contribution in [0.1, 0.15) is 89.8 Å². The smallest absolute Gasteiger partial charge is 0.339 e. The highest BCUT2D eigenvalue weighted by Gasteiger charge is 2.59. The second kappa shape index (κ2) is 8.36. The molecule has 0 spiro atoms. The van der Waals surface area contributed by atoms with Crippen molar-refractivity contribution in [1.82, 2.24) is 0 Å². The molecular formula is C34H34O4. The molecule has 0 radical (unpaired) electrons. The van der Waals surface area contributed by atoms with Gasteiger partial charge in [-0.2, -0.15) is 0 Å². The van der Waals surface area contributed by atoms with Gasteiger partial charge in [0.15, 0.2) is 11.6 Å². The molecule has 0 aromatic heterocycles. The summed E-state index contributed by atoms with van der Waals surface area (Å²) in [6, 6.07) is 13.3. The van der Waals surface area contributed by atoms with Crippen LogP contribution in [0, 0.1) is 28.6 Å². The second-order valence-electron chi connectivity index (χ2n) is 12.6. The van der Waals surface area contributed by atoms with Crippen LogP contribution in [0.25, 0.3) is 0 Å². The van der Waals surface area contributed by atoms with Crippen LogP contribution >= 0.6 is 0 Å². The molecule has 38 heavy (non-hydrogen) atoms. The van der Waals surface area contributed by atoms with Gasteiger partial charge in [-0.1, -0.05) is 61.9 Å². The lowest BCUT2D eigenvalue weighted by Crippen LogP contribution is -2.51. The second-order valence-corrected chi connectivity index (χ2v) is 12.6. The molecule has 2 aromatic rings. The van der Waals surface area contributed by atoms with Gasteiger partial charge in [0.25, 0.3) is 0 Å². The Balaban J connectivity index is 1.14. The van der Waals surface area contributed by atoms with Crippen molar-refractivity contribution < 1.29 is 19.1 Å². The molecule has 0 unspecified atom stereocenters. The van der Waals surface area contributed by atoms with E-state index in [1.54, 1.807) is 12.1 Å². The van der Waals surface area contributed by atoms with Gasteiger partial charge in [-0.15, -0.1) is 0 Å². The van der Waals surface area contributed by atoms with Crippen LogP contribution < -0.4 is 0 Å². The minimum atomic E-state index is -0.363. The van der Waals surface area contributed by atoms with Crippen LogP contribution in [-0.4, -0.2) is 23.6 Å². The fraction of sp³-hybridized carbons (Fsp3) is 0.441. The molecule has 0 N–H and O–H groups in total. The van der Waals surface area contributed by atoms with E-state index in [1.807, 2.05) is 42.5 Å². The van der Waals surface area contributed by atoms with Crippen molar-refractivity contribution in [2.75, 3.05) is 0 Å². The molecule has 3 fully saturated rings. The van der Waals surface area contributed by atoms with E-state index in [0.717, 1.165) is 49.7 Å². The third-order valence-corrected chi connectivity index (χ3v) is 11.0. The largest absolute Gasteiger partial charge is 0.458 e. The van der Waals surface area contributed by atoms with Crippen LogP contribution in [0.15, 0.2) is 66.3 Å². The molecule has 0 bridgehead atoms. The number of hydrogen-bond donors (Lipinski definition) is 0. The molecular weight excluding hydrogens is 472 g/mol. The topological polar surface area (TPSA) is 60.4 Å². The number of allylic oxidation sites excluding steroid dienone is 4. The lowest BCUT2D eigenvalue weighted by molar-refractivity contribution is -0.111. The fourth-order valence-electron chi connectivity index (χ4n) is 8.96. The molecule has 194 valence electrons. The van der Waals surface area contributed by atoms with E-state index < -0.39 is 0 Å². The van der Waals surface area contributed by atoms with Gasteiger partial charge < -0.3 is 4.74 Å². The SMILES string of the molecule is C[C@]12CC[C@H]3[C@@H](CCC4=CC(=O)C=C[C@@]43C)[C@@H]1CC[C@@H]2OC(=O)c1cccc2c1C(=O)c1ccccc1C2. The summed E-state index contributed by atoms with van der Waals surface area (Å²) in [5.74, 6) is 1.27. The van der Waals surface area contributed by atoms with Gasteiger partial charge >= 0.3 is 5.97 Å². The Kier molecular flexibility index (Phi) is 5.24. The van der Waals surface area contributed by atoms with Crippen molar-refractivity contribution >= 4 is 17.5 Å². The van der Waals surface area contributed by atoms with Gasteiger partial charge in [0.2, 0.25) is 0 Å². The van der Waals surface area contributed by atoms with E-state index in [2.05, 4.69) is 19.9 Å². The molecule has 0 aliphatic heterocycles. The average molecular weight is 507 g/mol. The van der Waals surface area contributed by atoms with E-state index in [0.29, 0.717) is 40.9 Å². The van der Waals surface area contributed by atoms with Crippen LogP contribution in [0.4, 0.5) is 0 Å². The Labute approximate surface area is 224 Å². The summed E-state index contributed by atoms with van der Waals surface area (Å²) in [7, 11) is 0. The van der Waals surface area contributed by atoms with Gasteiger partial charge in [-0.25, -0.2) is 4.79 Å². The van der Waals surface area contributed by atoms with Crippen molar-refractivity contribution in [3.05, 3.63) is 94.1 Å².